The maximum atomic E-state index is 12.8. The standard InChI is InChI=1S/C24H24N2O2/c1-3-16-7-5-6-8-20(16)17-9-10-18-14-22(25-24(28)21(18)13-17)19-11-12-26(15-19)23(27)4-2/h4-10,13-14,19H,2-3,11-12,15H2,1H3,(H,25,28). The number of aryl methyl sites for hydroxylation is 1. The average molecular weight is 372 g/mol. The Bertz CT molecular complexity index is 1110. The van der Waals surface area contributed by atoms with Crippen LogP contribution in [0.3, 0.4) is 0 Å². The van der Waals surface area contributed by atoms with Crippen molar-refractivity contribution in [3.05, 3.63) is 82.8 Å². The second-order valence-electron chi connectivity index (χ2n) is 7.34. The number of pyridine rings is 1. The van der Waals surface area contributed by atoms with Gasteiger partial charge in [0, 0.05) is 30.1 Å². The lowest BCUT2D eigenvalue weighted by Crippen LogP contribution is -2.26. The molecule has 4 rings (SSSR count). The molecule has 0 aliphatic carbocycles. The molecule has 2 heterocycles. The molecule has 1 fully saturated rings. The largest absolute Gasteiger partial charge is 0.338 e. The lowest BCUT2D eigenvalue weighted by Gasteiger charge is -2.15. The summed E-state index contributed by atoms with van der Waals surface area (Å²) in [5.74, 6) is 0.103. The van der Waals surface area contributed by atoms with Crippen molar-refractivity contribution in [2.75, 3.05) is 13.1 Å². The third kappa shape index (κ3) is 3.26. The summed E-state index contributed by atoms with van der Waals surface area (Å²) in [6.07, 6.45) is 3.15. The van der Waals surface area contributed by atoms with Crippen molar-refractivity contribution in [2.45, 2.75) is 25.7 Å². The highest BCUT2D eigenvalue weighted by molar-refractivity contribution is 5.88. The Kier molecular flexibility index (Phi) is 4.86. The number of carbonyl (C=O) groups is 1. The van der Waals surface area contributed by atoms with E-state index >= 15 is 0 Å². The maximum Gasteiger partial charge on any atom is 0.256 e. The Balaban J connectivity index is 1.70. The van der Waals surface area contributed by atoms with Gasteiger partial charge in [0.1, 0.15) is 0 Å². The van der Waals surface area contributed by atoms with Crippen LogP contribution in [0.1, 0.15) is 30.5 Å². The fraction of sp³-hybridized carbons (Fsp3) is 0.250. The number of rotatable bonds is 4. The van der Waals surface area contributed by atoms with E-state index in [9.17, 15) is 9.59 Å². The van der Waals surface area contributed by atoms with Crippen LogP contribution in [0.25, 0.3) is 21.9 Å². The van der Waals surface area contributed by atoms with Gasteiger partial charge in [-0.2, -0.15) is 0 Å². The van der Waals surface area contributed by atoms with Gasteiger partial charge in [-0.05, 0) is 53.1 Å². The minimum Gasteiger partial charge on any atom is -0.338 e. The van der Waals surface area contributed by atoms with Gasteiger partial charge >= 0.3 is 0 Å². The molecule has 1 aromatic heterocycles. The van der Waals surface area contributed by atoms with Crippen LogP contribution in [-0.2, 0) is 11.2 Å². The number of nitrogens with one attached hydrogen (secondary N) is 1. The van der Waals surface area contributed by atoms with Crippen molar-refractivity contribution in [3.63, 3.8) is 0 Å². The predicted octanol–water partition coefficient (Wildman–Crippen LogP) is 4.26. The number of carbonyl (C=O) groups excluding carboxylic acids is 1. The molecule has 28 heavy (non-hydrogen) atoms. The van der Waals surface area contributed by atoms with E-state index in [2.05, 4.69) is 42.8 Å². The van der Waals surface area contributed by atoms with E-state index in [0.717, 1.165) is 29.5 Å². The second kappa shape index (κ2) is 7.47. The molecule has 3 aromatic rings. The number of hydrogen-bond donors (Lipinski definition) is 1. The van der Waals surface area contributed by atoms with E-state index in [1.165, 1.54) is 17.2 Å². The molecule has 1 atom stereocenters. The topological polar surface area (TPSA) is 53.2 Å². The number of likely N-dealkylation sites (tertiary alicyclic amines) is 1. The van der Waals surface area contributed by atoms with Crippen LogP contribution in [0.2, 0.25) is 0 Å². The summed E-state index contributed by atoms with van der Waals surface area (Å²) in [4.78, 5) is 29.5. The number of aromatic amines is 1. The van der Waals surface area contributed by atoms with Gasteiger partial charge in [-0.15, -0.1) is 0 Å². The fourth-order valence-electron chi connectivity index (χ4n) is 4.12. The quantitative estimate of drug-likeness (QED) is 0.696. The lowest BCUT2D eigenvalue weighted by molar-refractivity contribution is -0.125. The summed E-state index contributed by atoms with van der Waals surface area (Å²) in [7, 11) is 0. The summed E-state index contributed by atoms with van der Waals surface area (Å²) in [5, 5.41) is 1.63. The minimum absolute atomic E-state index is 0.0510. The van der Waals surface area contributed by atoms with E-state index < -0.39 is 0 Å². The van der Waals surface area contributed by atoms with Gasteiger partial charge in [0.2, 0.25) is 5.91 Å². The van der Waals surface area contributed by atoms with Gasteiger partial charge in [0.15, 0.2) is 0 Å². The molecule has 0 spiro atoms. The van der Waals surface area contributed by atoms with Crippen LogP contribution >= 0.6 is 0 Å². The van der Waals surface area contributed by atoms with Crippen molar-refractivity contribution in [1.29, 1.82) is 0 Å². The smallest absolute Gasteiger partial charge is 0.256 e. The average Bonchev–Trinajstić information content (AvgIpc) is 3.23. The number of benzene rings is 2. The maximum absolute atomic E-state index is 12.8. The molecule has 1 aliphatic rings. The molecule has 0 saturated carbocycles. The molecule has 1 N–H and O–H groups in total. The third-order valence-electron chi connectivity index (χ3n) is 5.69. The molecule has 4 heteroatoms. The molecule has 1 aliphatic heterocycles. The number of H-pyrrole nitrogens is 1. The summed E-state index contributed by atoms with van der Waals surface area (Å²) < 4.78 is 0. The Hall–Kier alpha value is -3.14. The second-order valence-corrected chi connectivity index (χ2v) is 7.34. The summed E-state index contributed by atoms with van der Waals surface area (Å²) >= 11 is 0. The van der Waals surface area contributed by atoms with Crippen LogP contribution in [0, 0.1) is 0 Å². The molecular weight excluding hydrogens is 348 g/mol. The summed E-state index contributed by atoms with van der Waals surface area (Å²) in [6.45, 7) is 7.01. The monoisotopic (exact) mass is 372 g/mol. The van der Waals surface area contributed by atoms with E-state index in [1.807, 2.05) is 24.3 Å². The van der Waals surface area contributed by atoms with E-state index in [-0.39, 0.29) is 17.4 Å². The van der Waals surface area contributed by atoms with Crippen LogP contribution in [0.15, 0.2) is 66.0 Å². The van der Waals surface area contributed by atoms with Crippen molar-refractivity contribution >= 4 is 16.7 Å². The summed E-state index contributed by atoms with van der Waals surface area (Å²) in [6, 6.07) is 16.5. The van der Waals surface area contributed by atoms with Crippen molar-refractivity contribution < 1.29 is 4.79 Å². The van der Waals surface area contributed by atoms with E-state index in [4.69, 9.17) is 0 Å². The first-order valence-corrected chi connectivity index (χ1v) is 9.77. The molecule has 1 saturated heterocycles. The SMILES string of the molecule is C=CC(=O)N1CCC(c2cc3ccc(-c4ccccc4CC)cc3c(=O)[nH]2)C1. The zero-order valence-corrected chi connectivity index (χ0v) is 16.1. The predicted molar refractivity (Wildman–Crippen MR) is 114 cm³/mol. The van der Waals surface area contributed by atoms with Gasteiger partial charge in [0.05, 0.1) is 0 Å². The molecular formula is C24H24N2O2. The van der Waals surface area contributed by atoms with Crippen molar-refractivity contribution in [2.24, 2.45) is 0 Å². The zero-order chi connectivity index (χ0) is 19.7. The molecule has 1 amide bonds. The summed E-state index contributed by atoms with van der Waals surface area (Å²) in [5.41, 5.74) is 4.33. The number of amides is 1. The molecule has 4 nitrogen and oxygen atoms in total. The number of fused-ring (bicyclic) bond motifs is 1. The minimum atomic E-state index is -0.0724. The highest BCUT2D eigenvalue weighted by Gasteiger charge is 2.27. The molecule has 142 valence electrons. The fourth-order valence-corrected chi connectivity index (χ4v) is 4.12. The Morgan fingerprint density at radius 3 is 2.86 bits per heavy atom. The third-order valence-corrected chi connectivity index (χ3v) is 5.69. The van der Waals surface area contributed by atoms with E-state index in [0.29, 0.717) is 18.5 Å². The highest BCUT2D eigenvalue weighted by atomic mass is 16.2. The van der Waals surface area contributed by atoms with Crippen LogP contribution in [-0.4, -0.2) is 28.9 Å². The molecule has 0 bridgehead atoms. The Labute approximate surface area is 164 Å². The Morgan fingerprint density at radius 1 is 1.25 bits per heavy atom. The van der Waals surface area contributed by atoms with Gasteiger partial charge in [-0.1, -0.05) is 49.9 Å². The lowest BCUT2D eigenvalue weighted by atomic mass is 9.95. The first-order valence-electron chi connectivity index (χ1n) is 9.77. The van der Waals surface area contributed by atoms with E-state index in [1.54, 1.807) is 4.90 Å². The molecule has 1 unspecified atom stereocenters. The van der Waals surface area contributed by atoms with Gasteiger partial charge in [-0.3, -0.25) is 9.59 Å². The molecule has 2 aromatic carbocycles. The number of hydrogen-bond acceptors (Lipinski definition) is 2. The highest BCUT2D eigenvalue weighted by Crippen LogP contribution is 2.30. The van der Waals surface area contributed by atoms with Gasteiger partial charge in [0.25, 0.3) is 5.56 Å². The zero-order valence-electron chi connectivity index (χ0n) is 16.1. The number of nitrogens with zero attached hydrogens (tertiary/aromatic N) is 1. The van der Waals surface area contributed by atoms with Crippen molar-refractivity contribution in [3.8, 4) is 11.1 Å². The number of aromatic nitrogens is 1. The first-order chi connectivity index (χ1) is 13.6. The van der Waals surface area contributed by atoms with Crippen LogP contribution in [0.4, 0.5) is 0 Å². The van der Waals surface area contributed by atoms with Crippen LogP contribution in [0.5, 0.6) is 0 Å². The Morgan fingerprint density at radius 2 is 2.07 bits per heavy atom. The van der Waals surface area contributed by atoms with Gasteiger partial charge < -0.3 is 9.88 Å². The normalized spacial score (nSPS) is 16.5. The van der Waals surface area contributed by atoms with Crippen molar-refractivity contribution in [1.82, 2.24) is 9.88 Å². The first kappa shape index (κ1) is 18.2. The van der Waals surface area contributed by atoms with Gasteiger partial charge in [-0.25, -0.2) is 0 Å². The van der Waals surface area contributed by atoms with Crippen LogP contribution < -0.4 is 5.56 Å². The molecule has 0 radical (unpaired) electrons.